The number of ether oxygens (including phenoxy) is 2. The van der Waals surface area contributed by atoms with Gasteiger partial charge in [0.25, 0.3) is 0 Å². The van der Waals surface area contributed by atoms with E-state index in [4.69, 9.17) is 14.6 Å². The first kappa shape index (κ1) is 20.6. The third-order valence-corrected chi connectivity index (χ3v) is 4.21. The van der Waals surface area contributed by atoms with Crippen LogP contribution in [0.4, 0.5) is 0 Å². The molecule has 0 unspecified atom stereocenters. The summed E-state index contributed by atoms with van der Waals surface area (Å²) in [7, 11) is 0. The summed E-state index contributed by atoms with van der Waals surface area (Å²) in [5.74, 6) is 0. The summed E-state index contributed by atoms with van der Waals surface area (Å²) < 4.78 is 10.9. The molecule has 0 amide bonds. The zero-order chi connectivity index (χ0) is 16.9. The summed E-state index contributed by atoms with van der Waals surface area (Å²) in [6.07, 6.45) is 11.0. The normalized spacial score (nSPS) is 26.2. The van der Waals surface area contributed by atoms with Gasteiger partial charge >= 0.3 is 0 Å². The molecule has 0 aliphatic carbocycles. The van der Waals surface area contributed by atoms with Crippen LogP contribution in [0.1, 0.15) is 58.3 Å². The van der Waals surface area contributed by atoms with Crippen LogP contribution in [0.3, 0.4) is 0 Å². The SMILES string of the molecule is CCCCCCCC/C=C/CCO[C@H]1[C@@H]([C@@H](O)CO)OC[C@H]1O. The Morgan fingerprint density at radius 3 is 2.57 bits per heavy atom. The maximum absolute atomic E-state index is 9.80. The van der Waals surface area contributed by atoms with Crippen molar-refractivity contribution in [2.24, 2.45) is 0 Å². The summed E-state index contributed by atoms with van der Waals surface area (Å²) in [4.78, 5) is 0. The Morgan fingerprint density at radius 1 is 1.13 bits per heavy atom. The third-order valence-electron chi connectivity index (χ3n) is 4.21. The van der Waals surface area contributed by atoms with E-state index < -0.39 is 31.0 Å². The van der Waals surface area contributed by atoms with Crippen LogP contribution in [0.2, 0.25) is 0 Å². The van der Waals surface area contributed by atoms with Crippen molar-refractivity contribution in [3.8, 4) is 0 Å². The third kappa shape index (κ3) is 8.27. The molecule has 5 heteroatoms. The van der Waals surface area contributed by atoms with Crippen LogP contribution < -0.4 is 0 Å². The number of aliphatic hydroxyl groups is 3. The average Bonchev–Trinajstić information content (AvgIpc) is 2.93. The van der Waals surface area contributed by atoms with Gasteiger partial charge in [-0.2, -0.15) is 0 Å². The summed E-state index contributed by atoms with van der Waals surface area (Å²) in [5.41, 5.74) is 0. The molecule has 23 heavy (non-hydrogen) atoms. The van der Waals surface area contributed by atoms with Gasteiger partial charge in [0.15, 0.2) is 0 Å². The van der Waals surface area contributed by atoms with Crippen LogP contribution in [0.25, 0.3) is 0 Å². The van der Waals surface area contributed by atoms with E-state index in [1.165, 1.54) is 38.5 Å². The minimum atomic E-state index is -1.01. The van der Waals surface area contributed by atoms with E-state index in [1.807, 2.05) is 0 Å². The number of allylic oxidation sites excluding steroid dienone is 1. The highest BCUT2D eigenvalue weighted by atomic mass is 16.6. The highest BCUT2D eigenvalue weighted by molar-refractivity contribution is 4.89. The lowest BCUT2D eigenvalue weighted by Crippen LogP contribution is -2.42. The second kappa shape index (κ2) is 12.9. The number of unbranched alkanes of at least 4 members (excludes halogenated alkanes) is 6. The first-order valence-electron chi connectivity index (χ1n) is 9.05. The molecule has 1 aliphatic rings. The van der Waals surface area contributed by atoms with Crippen LogP contribution in [-0.4, -0.2) is 59.6 Å². The van der Waals surface area contributed by atoms with E-state index in [2.05, 4.69) is 19.1 Å². The molecular weight excluding hydrogens is 296 g/mol. The molecule has 0 radical (unpaired) electrons. The van der Waals surface area contributed by atoms with Crippen molar-refractivity contribution >= 4 is 0 Å². The summed E-state index contributed by atoms with van der Waals surface area (Å²) >= 11 is 0. The van der Waals surface area contributed by atoms with Crippen LogP contribution in [0.5, 0.6) is 0 Å². The average molecular weight is 330 g/mol. The highest BCUT2D eigenvalue weighted by Gasteiger charge is 2.40. The standard InChI is InChI=1S/C18H34O5/c1-2-3-4-5-6-7-8-9-10-11-12-22-18-16(21)14-23-17(18)15(20)13-19/h9-10,15-21H,2-8,11-14H2,1H3/b10-9+/t15-,16+,17+,18+/m0/s1. The van der Waals surface area contributed by atoms with E-state index in [0.29, 0.717) is 6.61 Å². The number of hydrogen-bond donors (Lipinski definition) is 3. The quantitative estimate of drug-likeness (QED) is 0.356. The van der Waals surface area contributed by atoms with Crippen molar-refractivity contribution in [3.05, 3.63) is 12.2 Å². The Bertz CT molecular complexity index is 308. The monoisotopic (exact) mass is 330 g/mol. The molecule has 1 rings (SSSR count). The molecule has 1 saturated heterocycles. The van der Waals surface area contributed by atoms with Crippen molar-refractivity contribution in [3.63, 3.8) is 0 Å². The van der Waals surface area contributed by atoms with Gasteiger partial charge < -0.3 is 24.8 Å². The lowest BCUT2D eigenvalue weighted by molar-refractivity contribution is -0.0924. The molecule has 0 aromatic heterocycles. The fourth-order valence-electron chi connectivity index (χ4n) is 2.81. The zero-order valence-electron chi connectivity index (χ0n) is 14.4. The molecule has 0 aromatic rings. The van der Waals surface area contributed by atoms with Gasteiger partial charge in [-0.1, -0.05) is 51.2 Å². The highest BCUT2D eigenvalue weighted by Crippen LogP contribution is 2.21. The first-order chi connectivity index (χ1) is 11.2. The Morgan fingerprint density at radius 2 is 1.83 bits per heavy atom. The number of rotatable bonds is 13. The molecule has 0 bridgehead atoms. The van der Waals surface area contributed by atoms with Gasteiger partial charge in [-0.15, -0.1) is 0 Å². The van der Waals surface area contributed by atoms with Crippen LogP contribution in [0, 0.1) is 0 Å². The molecule has 4 atom stereocenters. The van der Waals surface area contributed by atoms with Gasteiger partial charge in [0, 0.05) is 0 Å². The van der Waals surface area contributed by atoms with Gasteiger partial charge in [-0.3, -0.25) is 0 Å². The van der Waals surface area contributed by atoms with E-state index in [9.17, 15) is 10.2 Å². The predicted molar refractivity (Wildman–Crippen MR) is 90.3 cm³/mol. The minimum Gasteiger partial charge on any atom is -0.394 e. The molecular formula is C18H34O5. The van der Waals surface area contributed by atoms with Gasteiger partial charge in [0.2, 0.25) is 0 Å². The Balaban J connectivity index is 2.06. The molecule has 1 fully saturated rings. The summed E-state index contributed by atoms with van der Waals surface area (Å²) in [6, 6.07) is 0. The topological polar surface area (TPSA) is 79.2 Å². The number of aliphatic hydroxyl groups excluding tert-OH is 3. The van der Waals surface area contributed by atoms with Crippen molar-refractivity contribution < 1.29 is 24.8 Å². The smallest absolute Gasteiger partial charge is 0.114 e. The Hall–Kier alpha value is -0.460. The largest absolute Gasteiger partial charge is 0.394 e. The lowest BCUT2D eigenvalue weighted by Gasteiger charge is -2.23. The van der Waals surface area contributed by atoms with Gasteiger partial charge in [0.05, 0.1) is 19.8 Å². The molecule has 0 saturated carbocycles. The second-order valence-electron chi connectivity index (χ2n) is 6.27. The van der Waals surface area contributed by atoms with E-state index in [0.717, 1.165) is 12.8 Å². The molecule has 0 aromatic carbocycles. The minimum absolute atomic E-state index is 0.139. The Labute approximate surface area is 140 Å². The van der Waals surface area contributed by atoms with E-state index in [1.54, 1.807) is 0 Å². The van der Waals surface area contributed by atoms with Crippen LogP contribution in [-0.2, 0) is 9.47 Å². The van der Waals surface area contributed by atoms with Crippen molar-refractivity contribution in [2.75, 3.05) is 19.8 Å². The van der Waals surface area contributed by atoms with E-state index >= 15 is 0 Å². The van der Waals surface area contributed by atoms with Gasteiger partial charge in [0.1, 0.15) is 24.4 Å². The fraction of sp³-hybridized carbons (Fsp3) is 0.889. The maximum atomic E-state index is 9.80. The van der Waals surface area contributed by atoms with Gasteiger partial charge in [-0.25, -0.2) is 0 Å². The van der Waals surface area contributed by atoms with Crippen LogP contribution >= 0.6 is 0 Å². The van der Waals surface area contributed by atoms with Crippen molar-refractivity contribution in [2.45, 2.75) is 82.7 Å². The maximum Gasteiger partial charge on any atom is 0.114 e. The zero-order valence-corrected chi connectivity index (χ0v) is 14.4. The predicted octanol–water partition coefficient (Wildman–Crippen LogP) is 2.18. The summed E-state index contributed by atoms with van der Waals surface area (Å²) in [5, 5.41) is 28.4. The first-order valence-corrected chi connectivity index (χ1v) is 9.05. The molecule has 1 heterocycles. The Kier molecular flexibility index (Phi) is 11.5. The second-order valence-corrected chi connectivity index (χ2v) is 6.27. The van der Waals surface area contributed by atoms with Crippen LogP contribution in [0.15, 0.2) is 12.2 Å². The van der Waals surface area contributed by atoms with Gasteiger partial charge in [-0.05, 0) is 19.3 Å². The van der Waals surface area contributed by atoms with Crippen molar-refractivity contribution in [1.82, 2.24) is 0 Å². The van der Waals surface area contributed by atoms with Crippen molar-refractivity contribution in [1.29, 1.82) is 0 Å². The van der Waals surface area contributed by atoms with E-state index in [-0.39, 0.29) is 6.61 Å². The number of hydrogen-bond acceptors (Lipinski definition) is 5. The lowest BCUT2D eigenvalue weighted by atomic mass is 10.1. The molecule has 3 N–H and O–H groups in total. The molecule has 1 aliphatic heterocycles. The molecule has 0 spiro atoms. The molecule has 136 valence electrons. The summed E-state index contributed by atoms with van der Waals surface area (Å²) in [6.45, 7) is 2.45. The fourth-order valence-corrected chi connectivity index (χ4v) is 2.81. The molecule has 5 nitrogen and oxygen atoms in total.